The van der Waals surface area contributed by atoms with Crippen LogP contribution < -0.4 is 10.6 Å². The van der Waals surface area contributed by atoms with E-state index < -0.39 is 24.0 Å². The highest BCUT2D eigenvalue weighted by atomic mass is 127. The molecule has 2 amide bonds. The molecule has 2 N–H and O–H groups in total. The maximum atomic E-state index is 12.6. The highest BCUT2D eigenvalue weighted by molar-refractivity contribution is 14.1. The van der Waals surface area contributed by atoms with E-state index in [0.29, 0.717) is 18.7 Å². The first-order chi connectivity index (χ1) is 16.3. The second kappa shape index (κ2) is 14.4. The van der Waals surface area contributed by atoms with Crippen molar-refractivity contribution in [3.8, 4) is 0 Å². The summed E-state index contributed by atoms with van der Waals surface area (Å²) >= 11 is 2.10. The van der Waals surface area contributed by atoms with E-state index in [1.54, 1.807) is 44.4 Å². The van der Waals surface area contributed by atoms with Gasteiger partial charge in [-0.3, -0.25) is 4.79 Å². The van der Waals surface area contributed by atoms with Crippen molar-refractivity contribution >= 4 is 40.6 Å². The molecule has 0 bridgehead atoms. The Morgan fingerprint density at radius 2 is 1.71 bits per heavy atom. The van der Waals surface area contributed by atoms with Crippen LogP contribution in [0.15, 0.2) is 64.3 Å². The lowest BCUT2D eigenvalue weighted by atomic mass is 10.0. The molecule has 8 nitrogen and oxygen atoms in total. The van der Waals surface area contributed by atoms with Crippen LogP contribution in [0.25, 0.3) is 0 Å². The van der Waals surface area contributed by atoms with Crippen LogP contribution in [0.1, 0.15) is 34.5 Å². The van der Waals surface area contributed by atoms with E-state index in [2.05, 4.69) is 33.2 Å². The fourth-order valence-electron chi connectivity index (χ4n) is 2.97. The Morgan fingerprint density at radius 3 is 2.32 bits per heavy atom. The van der Waals surface area contributed by atoms with Crippen molar-refractivity contribution < 1.29 is 28.6 Å². The minimum Gasteiger partial charge on any atom is -0.465 e. The molecule has 9 heteroatoms. The quantitative estimate of drug-likeness (QED) is 0.235. The van der Waals surface area contributed by atoms with Crippen LogP contribution in [0.4, 0.5) is 4.79 Å². The van der Waals surface area contributed by atoms with Crippen molar-refractivity contribution in [3.63, 3.8) is 0 Å². The van der Waals surface area contributed by atoms with Crippen molar-refractivity contribution in [3.05, 3.63) is 80.9 Å². The van der Waals surface area contributed by atoms with Crippen LogP contribution in [-0.4, -0.2) is 45.3 Å². The first-order valence-electron chi connectivity index (χ1n) is 10.6. The van der Waals surface area contributed by atoms with Gasteiger partial charge in [-0.1, -0.05) is 55.5 Å². The third-order valence-electron chi connectivity index (χ3n) is 4.84. The summed E-state index contributed by atoms with van der Waals surface area (Å²) in [5, 5.41) is 5.66. The molecule has 0 aliphatic heterocycles. The van der Waals surface area contributed by atoms with E-state index in [1.165, 1.54) is 7.11 Å². The summed E-state index contributed by atoms with van der Waals surface area (Å²) in [7, 11) is 2.88. The Labute approximate surface area is 213 Å². The van der Waals surface area contributed by atoms with E-state index in [4.69, 9.17) is 14.2 Å². The summed E-state index contributed by atoms with van der Waals surface area (Å²) in [6.45, 7) is 2.72. The monoisotopic (exact) mass is 580 g/mol. The van der Waals surface area contributed by atoms with Gasteiger partial charge >= 0.3 is 12.1 Å². The lowest BCUT2D eigenvalue weighted by Crippen LogP contribution is -2.32. The maximum Gasteiger partial charge on any atom is 0.408 e. The SMILES string of the molecule is COCCNC(=O)[C@H](C)/C=C(\I)C(NC(=O)OCc1ccccc1)c1ccc(C(=O)OC)cc1. The zero-order chi connectivity index (χ0) is 24.9. The van der Waals surface area contributed by atoms with E-state index in [1.807, 2.05) is 30.3 Å². The number of carbonyl (C=O) groups excluding carboxylic acids is 3. The van der Waals surface area contributed by atoms with Gasteiger partial charge in [-0.15, -0.1) is 0 Å². The Morgan fingerprint density at radius 1 is 1.03 bits per heavy atom. The standard InChI is InChI=1S/C25H29IN2O6/c1-17(23(29)27-13-14-32-2)15-21(26)22(19-9-11-20(12-10-19)24(30)33-3)28-25(31)34-16-18-7-5-4-6-8-18/h4-12,15,17,22H,13-14,16H2,1-3H3,(H,27,29)(H,28,31)/b21-15-/t17-,22?/m1/s1. The number of hydrogen-bond acceptors (Lipinski definition) is 6. The fourth-order valence-corrected chi connectivity index (χ4v) is 4.03. The molecular weight excluding hydrogens is 551 g/mol. The van der Waals surface area contributed by atoms with Gasteiger partial charge in [-0.25, -0.2) is 9.59 Å². The van der Waals surface area contributed by atoms with E-state index in [-0.39, 0.29) is 12.5 Å². The molecule has 0 aliphatic carbocycles. The molecule has 0 aromatic heterocycles. The predicted molar refractivity (Wildman–Crippen MR) is 136 cm³/mol. The van der Waals surface area contributed by atoms with E-state index >= 15 is 0 Å². The molecule has 34 heavy (non-hydrogen) atoms. The fraction of sp³-hybridized carbons (Fsp3) is 0.320. The number of alkyl carbamates (subject to hydrolysis) is 1. The van der Waals surface area contributed by atoms with Gasteiger partial charge in [0.05, 0.1) is 31.2 Å². The average molecular weight is 580 g/mol. The zero-order valence-electron chi connectivity index (χ0n) is 19.4. The summed E-state index contributed by atoms with van der Waals surface area (Å²) in [6.07, 6.45) is 1.17. The van der Waals surface area contributed by atoms with Gasteiger partial charge in [0, 0.05) is 17.2 Å². The van der Waals surface area contributed by atoms with Crippen molar-refractivity contribution in [2.45, 2.75) is 19.6 Å². The number of ether oxygens (including phenoxy) is 3. The Bertz CT molecular complexity index is 979. The normalized spacial score (nSPS) is 12.9. The molecule has 0 saturated carbocycles. The first kappa shape index (κ1) is 27.3. The van der Waals surface area contributed by atoms with Crippen LogP contribution in [0.5, 0.6) is 0 Å². The third kappa shape index (κ3) is 8.79. The Balaban J connectivity index is 2.19. The largest absolute Gasteiger partial charge is 0.465 e. The molecule has 2 rings (SSSR count). The van der Waals surface area contributed by atoms with Crippen molar-refractivity contribution in [2.24, 2.45) is 5.92 Å². The van der Waals surface area contributed by atoms with Gasteiger partial charge in [0.15, 0.2) is 0 Å². The van der Waals surface area contributed by atoms with Crippen LogP contribution in [-0.2, 0) is 25.6 Å². The van der Waals surface area contributed by atoms with Crippen LogP contribution in [0.3, 0.4) is 0 Å². The second-order valence-corrected chi connectivity index (χ2v) is 8.62. The number of rotatable bonds is 11. The molecule has 0 saturated heterocycles. The summed E-state index contributed by atoms with van der Waals surface area (Å²) in [5.74, 6) is -1.05. The molecular formula is C25H29IN2O6. The molecule has 0 radical (unpaired) electrons. The topological polar surface area (TPSA) is 103 Å². The molecule has 2 aromatic rings. The molecule has 1 unspecified atom stereocenters. The van der Waals surface area contributed by atoms with Crippen molar-refractivity contribution in [1.29, 1.82) is 0 Å². The Hall–Kier alpha value is -2.92. The van der Waals surface area contributed by atoms with Crippen LogP contribution >= 0.6 is 22.6 Å². The maximum absolute atomic E-state index is 12.6. The zero-order valence-corrected chi connectivity index (χ0v) is 21.5. The average Bonchev–Trinajstić information content (AvgIpc) is 2.86. The van der Waals surface area contributed by atoms with E-state index in [0.717, 1.165) is 14.7 Å². The molecule has 182 valence electrons. The summed E-state index contributed by atoms with van der Waals surface area (Å²) in [5.41, 5.74) is 1.97. The minimum absolute atomic E-state index is 0.124. The highest BCUT2D eigenvalue weighted by Gasteiger charge is 2.21. The molecule has 0 spiro atoms. The number of benzene rings is 2. The summed E-state index contributed by atoms with van der Waals surface area (Å²) < 4.78 is 15.8. The Kier molecular flexibility index (Phi) is 11.5. The van der Waals surface area contributed by atoms with Crippen LogP contribution in [0.2, 0.25) is 0 Å². The van der Waals surface area contributed by atoms with E-state index in [9.17, 15) is 14.4 Å². The lowest BCUT2D eigenvalue weighted by Gasteiger charge is -2.20. The first-order valence-corrected chi connectivity index (χ1v) is 11.7. The number of amides is 2. The van der Waals surface area contributed by atoms with Gasteiger partial charge in [-0.2, -0.15) is 0 Å². The molecule has 2 aromatic carbocycles. The number of esters is 1. The predicted octanol–water partition coefficient (Wildman–Crippen LogP) is 4.16. The van der Waals surface area contributed by atoms with Crippen molar-refractivity contribution in [2.75, 3.05) is 27.4 Å². The molecule has 0 heterocycles. The highest BCUT2D eigenvalue weighted by Crippen LogP contribution is 2.29. The number of hydrogen-bond donors (Lipinski definition) is 2. The minimum atomic E-state index is -0.606. The third-order valence-corrected chi connectivity index (χ3v) is 5.83. The molecule has 0 fully saturated rings. The number of nitrogens with one attached hydrogen (secondary N) is 2. The number of carbonyl (C=O) groups is 3. The van der Waals surface area contributed by atoms with Crippen LogP contribution in [0, 0.1) is 5.92 Å². The van der Waals surface area contributed by atoms with Gasteiger partial charge < -0.3 is 24.8 Å². The molecule has 2 atom stereocenters. The number of halogens is 1. The summed E-state index contributed by atoms with van der Waals surface area (Å²) in [6, 6.07) is 15.5. The summed E-state index contributed by atoms with van der Waals surface area (Å²) in [4.78, 5) is 36.7. The van der Waals surface area contributed by atoms with Gasteiger partial charge in [0.25, 0.3) is 0 Å². The van der Waals surface area contributed by atoms with Gasteiger partial charge in [-0.05, 0) is 45.9 Å². The number of methoxy groups -OCH3 is 2. The lowest BCUT2D eigenvalue weighted by molar-refractivity contribution is -0.123. The van der Waals surface area contributed by atoms with Gasteiger partial charge in [0.2, 0.25) is 5.91 Å². The molecule has 0 aliphatic rings. The van der Waals surface area contributed by atoms with Crippen molar-refractivity contribution in [1.82, 2.24) is 10.6 Å². The smallest absolute Gasteiger partial charge is 0.408 e. The second-order valence-electron chi connectivity index (χ2n) is 7.38. The van der Waals surface area contributed by atoms with Gasteiger partial charge in [0.1, 0.15) is 6.61 Å².